The van der Waals surface area contributed by atoms with Crippen molar-refractivity contribution in [3.63, 3.8) is 0 Å². The predicted molar refractivity (Wildman–Crippen MR) is 81.9 cm³/mol. The van der Waals surface area contributed by atoms with Crippen LogP contribution in [0.4, 0.5) is 0 Å². The van der Waals surface area contributed by atoms with Gasteiger partial charge < -0.3 is 4.57 Å². The highest BCUT2D eigenvalue weighted by Crippen LogP contribution is 2.31. The molecular weight excluding hydrogens is 297 g/mol. The number of hydrogen-bond acceptors (Lipinski definition) is 2. The van der Waals surface area contributed by atoms with E-state index in [4.69, 9.17) is 23.2 Å². The standard InChI is InChI=1S/C15H13Cl2NO2/c1-9(2)18-14(6-3-10(8-19)15(18)20)12-7-11(16)4-5-13(12)17/h3-9H,1-2H3. The molecule has 0 bridgehead atoms. The van der Waals surface area contributed by atoms with Crippen LogP contribution in [0.1, 0.15) is 30.2 Å². The van der Waals surface area contributed by atoms with Gasteiger partial charge in [0.15, 0.2) is 6.29 Å². The molecule has 0 saturated heterocycles. The van der Waals surface area contributed by atoms with E-state index < -0.39 is 0 Å². The SMILES string of the molecule is CC(C)n1c(-c2cc(Cl)ccc2Cl)ccc(C=O)c1=O. The molecule has 104 valence electrons. The third-order valence-corrected chi connectivity index (χ3v) is 3.56. The van der Waals surface area contributed by atoms with Gasteiger partial charge in [0.2, 0.25) is 0 Å². The van der Waals surface area contributed by atoms with Crippen LogP contribution >= 0.6 is 23.2 Å². The minimum atomic E-state index is -0.330. The maximum atomic E-state index is 12.3. The Morgan fingerprint density at radius 2 is 1.85 bits per heavy atom. The van der Waals surface area contributed by atoms with E-state index in [9.17, 15) is 9.59 Å². The molecule has 0 aliphatic heterocycles. The van der Waals surface area contributed by atoms with Crippen molar-refractivity contribution in [2.75, 3.05) is 0 Å². The molecule has 0 atom stereocenters. The molecule has 0 aliphatic rings. The fraction of sp³-hybridized carbons (Fsp3) is 0.200. The zero-order valence-corrected chi connectivity index (χ0v) is 12.6. The van der Waals surface area contributed by atoms with Gasteiger partial charge in [0, 0.05) is 21.7 Å². The van der Waals surface area contributed by atoms with Crippen LogP contribution < -0.4 is 5.56 Å². The van der Waals surface area contributed by atoms with Crippen LogP contribution in [0.3, 0.4) is 0 Å². The summed E-state index contributed by atoms with van der Waals surface area (Å²) in [6.07, 6.45) is 0.560. The predicted octanol–water partition coefficient (Wildman–Crippen LogP) is 4.22. The lowest BCUT2D eigenvalue weighted by Crippen LogP contribution is -2.26. The lowest BCUT2D eigenvalue weighted by atomic mass is 10.1. The van der Waals surface area contributed by atoms with Crippen molar-refractivity contribution in [1.82, 2.24) is 4.57 Å². The molecule has 3 nitrogen and oxygen atoms in total. The van der Waals surface area contributed by atoms with Crippen molar-refractivity contribution < 1.29 is 4.79 Å². The van der Waals surface area contributed by atoms with Gasteiger partial charge in [-0.3, -0.25) is 9.59 Å². The van der Waals surface area contributed by atoms with Crippen molar-refractivity contribution in [3.05, 3.63) is 56.3 Å². The first-order chi connectivity index (χ1) is 9.45. The maximum absolute atomic E-state index is 12.3. The molecule has 0 aliphatic carbocycles. The average molecular weight is 310 g/mol. The zero-order valence-electron chi connectivity index (χ0n) is 11.1. The average Bonchev–Trinajstić information content (AvgIpc) is 2.40. The molecular formula is C15H13Cl2NO2. The van der Waals surface area contributed by atoms with Crippen molar-refractivity contribution in [3.8, 4) is 11.3 Å². The first kappa shape index (κ1) is 14.8. The molecule has 1 aromatic heterocycles. The van der Waals surface area contributed by atoms with Crippen LogP contribution in [0.5, 0.6) is 0 Å². The van der Waals surface area contributed by atoms with E-state index in [1.807, 2.05) is 13.8 Å². The van der Waals surface area contributed by atoms with Gasteiger partial charge in [0.05, 0.1) is 11.3 Å². The summed E-state index contributed by atoms with van der Waals surface area (Å²) >= 11 is 12.2. The van der Waals surface area contributed by atoms with Gasteiger partial charge >= 0.3 is 0 Å². The van der Waals surface area contributed by atoms with Gasteiger partial charge in [-0.25, -0.2) is 0 Å². The topological polar surface area (TPSA) is 39.1 Å². The summed E-state index contributed by atoms with van der Waals surface area (Å²) in [5, 5.41) is 1.04. The van der Waals surface area contributed by atoms with E-state index in [2.05, 4.69) is 0 Å². The number of pyridine rings is 1. The number of rotatable bonds is 3. The van der Waals surface area contributed by atoms with Crippen LogP contribution in [-0.2, 0) is 0 Å². The Morgan fingerprint density at radius 3 is 2.45 bits per heavy atom. The van der Waals surface area contributed by atoms with E-state index >= 15 is 0 Å². The highest BCUT2D eigenvalue weighted by molar-refractivity contribution is 6.35. The minimum Gasteiger partial charge on any atom is -0.305 e. The molecule has 2 aromatic rings. The zero-order chi connectivity index (χ0) is 14.9. The van der Waals surface area contributed by atoms with Gasteiger partial charge in [0.1, 0.15) is 0 Å². The maximum Gasteiger partial charge on any atom is 0.261 e. The molecule has 0 saturated carbocycles. The van der Waals surface area contributed by atoms with Crippen molar-refractivity contribution in [2.45, 2.75) is 19.9 Å². The van der Waals surface area contributed by atoms with E-state index in [0.717, 1.165) is 0 Å². The summed E-state index contributed by atoms with van der Waals surface area (Å²) in [7, 11) is 0. The number of aromatic nitrogens is 1. The second kappa shape index (κ2) is 5.81. The minimum absolute atomic E-state index is 0.104. The highest BCUT2D eigenvalue weighted by atomic mass is 35.5. The van der Waals surface area contributed by atoms with Crippen LogP contribution in [-0.4, -0.2) is 10.9 Å². The molecule has 20 heavy (non-hydrogen) atoms. The van der Waals surface area contributed by atoms with E-state index in [1.54, 1.807) is 28.8 Å². The fourth-order valence-corrected chi connectivity index (χ4v) is 2.47. The number of carbonyl (C=O) groups is 1. The first-order valence-electron chi connectivity index (χ1n) is 6.12. The van der Waals surface area contributed by atoms with E-state index in [-0.39, 0.29) is 17.2 Å². The van der Waals surface area contributed by atoms with Crippen LogP contribution in [0.25, 0.3) is 11.3 Å². The van der Waals surface area contributed by atoms with Crippen LogP contribution in [0.15, 0.2) is 35.1 Å². The highest BCUT2D eigenvalue weighted by Gasteiger charge is 2.15. The fourth-order valence-electron chi connectivity index (χ4n) is 2.08. The summed E-state index contributed by atoms with van der Waals surface area (Å²) in [5.74, 6) is 0. The number of hydrogen-bond donors (Lipinski definition) is 0. The number of carbonyl (C=O) groups excluding carboxylic acids is 1. The molecule has 0 amide bonds. The van der Waals surface area contributed by atoms with Crippen molar-refractivity contribution in [1.29, 1.82) is 0 Å². The van der Waals surface area contributed by atoms with Crippen molar-refractivity contribution >= 4 is 29.5 Å². The molecule has 2 rings (SSSR count). The molecule has 0 fully saturated rings. The Kier molecular flexibility index (Phi) is 4.31. The lowest BCUT2D eigenvalue weighted by molar-refractivity contribution is 0.112. The van der Waals surface area contributed by atoms with Crippen LogP contribution in [0, 0.1) is 0 Å². The Hall–Kier alpha value is -1.58. The van der Waals surface area contributed by atoms with Gasteiger partial charge in [-0.2, -0.15) is 0 Å². The first-order valence-corrected chi connectivity index (χ1v) is 6.87. The second-order valence-electron chi connectivity index (χ2n) is 4.68. The quantitative estimate of drug-likeness (QED) is 0.796. The van der Waals surface area contributed by atoms with Crippen LogP contribution in [0.2, 0.25) is 10.0 Å². The van der Waals surface area contributed by atoms with Gasteiger partial charge in [-0.15, -0.1) is 0 Å². The molecule has 0 N–H and O–H groups in total. The summed E-state index contributed by atoms with van der Waals surface area (Å²) in [6, 6.07) is 8.18. The Labute approximate surface area is 126 Å². The molecule has 1 aromatic carbocycles. The van der Waals surface area contributed by atoms with E-state index in [0.29, 0.717) is 27.6 Å². The molecule has 0 unspecified atom stereocenters. The second-order valence-corrected chi connectivity index (χ2v) is 5.53. The number of nitrogens with zero attached hydrogens (tertiary/aromatic N) is 1. The summed E-state index contributed by atoms with van der Waals surface area (Å²) in [4.78, 5) is 23.2. The normalized spacial score (nSPS) is 10.8. The number of aldehydes is 1. The third-order valence-electron chi connectivity index (χ3n) is 2.99. The summed E-state index contributed by atoms with van der Waals surface area (Å²) in [6.45, 7) is 3.75. The Balaban J connectivity index is 2.81. The molecule has 0 spiro atoms. The van der Waals surface area contributed by atoms with Crippen molar-refractivity contribution in [2.24, 2.45) is 0 Å². The largest absolute Gasteiger partial charge is 0.305 e. The molecule has 0 radical (unpaired) electrons. The summed E-state index contributed by atoms with van der Waals surface area (Å²) < 4.78 is 1.54. The number of halogens is 2. The Bertz CT molecular complexity index is 720. The molecule has 1 heterocycles. The molecule has 5 heteroatoms. The Morgan fingerprint density at radius 1 is 1.15 bits per heavy atom. The van der Waals surface area contributed by atoms with E-state index in [1.165, 1.54) is 6.07 Å². The summed E-state index contributed by atoms with van der Waals surface area (Å²) in [5.41, 5.74) is 1.11. The monoisotopic (exact) mass is 309 g/mol. The van der Waals surface area contributed by atoms with Gasteiger partial charge in [-0.1, -0.05) is 23.2 Å². The third kappa shape index (κ3) is 2.65. The van der Waals surface area contributed by atoms with Gasteiger partial charge in [-0.05, 0) is 44.2 Å². The number of benzene rings is 1. The smallest absolute Gasteiger partial charge is 0.261 e. The van der Waals surface area contributed by atoms with Gasteiger partial charge in [0.25, 0.3) is 5.56 Å². The lowest BCUT2D eigenvalue weighted by Gasteiger charge is -2.18.